The third kappa shape index (κ3) is 24.4. The number of nitrogens with one attached hydrogen (secondary N) is 4. The molecule has 0 spiro atoms. The van der Waals surface area contributed by atoms with E-state index in [0.717, 1.165) is 96.4 Å². The zero-order chi connectivity index (χ0) is 67.6. The maximum absolute atomic E-state index is 14.6. The molecular formula is C57H83N5O25S3. The van der Waals surface area contributed by atoms with E-state index in [1.165, 1.54) is 13.0 Å². The first-order valence-corrected chi connectivity index (χ1v) is 33.4. The van der Waals surface area contributed by atoms with Crippen molar-refractivity contribution in [1.29, 1.82) is 0 Å². The molecular weight excluding hydrogens is 1250 g/mol. The minimum absolute atomic E-state index is 0.181. The molecule has 504 valence electrons. The Morgan fingerprint density at radius 2 is 1.44 bits per heavy atom. The van der Waals surface area contributed by atoms with Gasteiger partial charge in [0.2, 0.25) is 35.8 Å². The van der Waals surface area contributed by atoms with Crippen molar-refractivity contribution in [1.82, 2.24) is 26.2 Å². The summed E-state index contributed by atoms with van der Waals surface area (Å²) in [7, 11) is -15.6. The number of allylic oxidation sites excluding steroid dienone is 2. The van der Waals surface area contributed by atoms with Crippen molar-refractivity contribution in [2.45, 2.75) is 186 Å². The maximum Gasteiger partial charge on any atom is 0.446 e. The monoisotopic (exact) mass is 1330 g/mol. The van der Waals surface area contributed by atoms with Gasteiger partial charge in [-0.3, -0.25) is 37.6 Å². The van der Waals surface area contributed by atoms with Crippen LogP contribution in [0.2, 0.25) is 0 Å². The first-order valence-electron chi connectivity index (χ1n) is 29.1. The van der Waals surface area contributed by atoms with Gasteiger partial charge in [0.25, 0.3) is 10.1 Å². The quantitative estimate of drug-likeness (QED) is 0.0217. The summed E-state index contributed by atoms with van der Waals surface area (Å²) >= 11 is 0. The molecule has 0 radical (unpaired) electrons. The van der Waals surface area contributed by atoms with Crippen LogP contribution in [0.5, 0.6) is 17.2 Å². The number of aliphatic hydroxyl groups is 3. The third-order valence-corrected chi connectivity index (χ3v) is 16.0. The number of esters is 1. The topological polar surface area (TPSA) is 461 Å². The van der Waals surface area contributed by atoms with Crippen LogP contribution in [0.3, 0.4) is 0 Å². The number of aliphatic carboxylic acids is 1. The summed E-state index contributed by atoms with van der Waals surface area (Å²) in [5, 5.41) is 51.4. The smallest absolute Gasteiger partial charge is 0.446 e. The number of benzene rings is 2. The largest absolute Gasteiger partial charge is 0.479 e. The number of aliphatic hydroxyl groups excluding tert-OH is 3. The summed E-state index contributed by atoms with van der Waals surface area (Å²) < 4.78 is 131. The number of carboxylic acid groups (broad SMARTS) is 1. The highest BCUT2D eigenvalue weighted by atomic mass is 32.3. The Kier molecular flexibility index (Phi) is 28.6. The molecule has 33 heteroatoms. The van der Waals surface area contributed by atoms with Crippen molar-refractivity contribution in [2.75, 3.05) is 19.3 Å². The predicted octanol–water partition coefficient (Wildman–Crippen LogP) is 3.08. The molecule has 0 saturated carbocycles. The summed E-state index contributed by atoms with van der Waals surface area (Å²) in [6.45, 7) is 12.1. The Labute approximate surface area is 523 Å². The van der Waals surface area contributed by atoms with Gasteiger partial charge in [0.15, 0.2) is 17.5 Å². The molecule has 2 heterocycles. The number of carboxylic acids is 1. The van der Waals surface area contributed by atoms with Gasteiger partial charge >= 0.3 is 32.7 Å². The number of hydrogen-bond donors (Lipinski definition) is 11. The molecule has 2 aromatic carbocycles. The average Bonchev–Trinajstić information content (AvgIpc) is 0.989. The fourth-order valence-electron chi connectivity index (χ4n) is 9.89. The number of hydrogen-bond acceptors (Lipinski definition) is 21. The average molecular weight is 1330 g/mol. The van der Waals surface area contributed by atoms with Crippen molar-refractivity contribution >= 4 is 72.4 Å². The second kappa shape index (κ2) is 34.0. The summed E-state index contributed by atoms with van der Waals surface area (Å²) in [6.07, 6.45) is 3.85. The fourth-order valence-corrected chi connectivity index (χ4v) is 11.2. The van der Waals surface area contributed by atoms with Crippen LogP contribution in [0.15, 0.2) is 54.1 Å². The highest BCUT2D eigenvalue weighted by Gasteiger charge is 2.45. The Hall–Kier alpha value is -6.82. The van der Waals surface area contributed by atoms with Crippen molar-refractivity contribution in [3.05, 3.63) is 65.3 Å². The molecule has 1 saturated heterocycles. The number of ether oxygens (including phenoxy) is 3. The number of rotatable bonds is 32. The number of likely N-dealkylation sites (N-methyl/N-ethyl adjacent to an activating group) is 1. The molecule has 4 bridgehead atoms. The zero-order valence-corrected chi connectivity index (χ0v) is 53.5. The standard InChI is InChI=1S/C57H83N5O25S3/c1-9-17-32(4)24-33(5)56(73)84-39(21-20-31(2)3)18-15-13-11-10-12-14-16-19-44(63)58-23-22-45(64)60-42(30-88(74,75)76)54(70)62(8)47-38-28-41(51(43(29-38)87-90(80,81)82)85-57-50(67)49(66)48(65)35(7)83-57)36-25-37(27-40(26-36)86-89(77,78)79)46(55(71)72)61-52(68)34(6)59-53(47)69/h16,19,24-29,31-32,34-35,39,42,46-50,57,65-67H,9-15,17-18,20-23,30H2,1-8H3,(H,58,63)(H,59,69)(H,60,64)(H,61,68)(H,71,72)(H,74,75,76)(H,77,78,79)(H,80,81,82)/b19-16+,33-24+/t32?,34?,35-,39?,42?,46?,47?,48-,49+,50+,57-/m1/s1. The van der Waals surface area contributed by atoms with Crippen LogP contribution < -0.4 is 34.4 Å². The summed E-state index contributed by atoms with van der Waals surface area (Å²) in [5.74, 6) is -12.0. The van der Waals surface area contributed by atoms with Crippen molar-refractivity contribution in [3.8, 4) is 28.4 Å². The number of nitrogens with zero attached hydrogens (tertiary/aromatic N) is 1. The van der Waals surface area contributed by atoms with E-state index in [2.05, 4.69) is 53.1 Å². The molecule has 2 aliphatic rings. The van der Waals surface area contributed by atoms with E-state index in [4.69, 9.17) is 18.4 Å². The van der Waals surface area contributed by atoms with Crippen molar-refractivity contribution in [3.63, 3.8) is 0 Å². The third-order valence-electron chi connectivity index (χ3n) is 14.4. The SMILES string of the molecule is CCCC(C)/C=C(\C)C(=O)OC(CCCCCCC/C=C/C(=O)NCCC(=O)NC(CS(=O)(=O)O)C(=O)N(C)C1C(=O)NC(C)C(=O)NC(C(=O)O)c2cc(OS(=O)(=O)O)cc(c2)-c2cc1cc(OS(=O)(=O)O)c2O[C@H]1O[C@H](C)[C@@H](O)[C@H](O)[C@@H]1O)CCC(C)C. The van der Waals surface area contributed by atoms with Crippen LogP contribution >= 0.6 is 0 Å². The molecule has 1 fully saturated rings. The van der Waals surface area contributed by atoms with Gasteiger partial charge in [0, 0.05) is 31.1 Å². The molecule has 2 aromatic rings. The predicted molar refractivity (Wildman–Crippen MR) is 320 cm³/mol. The number of unbranched alkanes of at least 4 members (excludes halogenated alkanes) is 5. The molecule has 30 nitrogen and oxygen atoms in total. The lowest BCUT2D eigenvalue weighted by Crippen LogP contribution is -2.58. The van der Waals surface area contributed by atoms with E-state index in [1.54, 1.807) is 13.0 Å². The van der Waals surface area contributed by atoms with Crippen LogP contribution in [-0.2, 0) is 74.0 Å². The van der Waals surface area contributed by atoms with E-state index in [-0.39, 0.29) is 24.5 Å². The number of carbonyl (C=O) groups is 7. The van der Waals surface area contributed by atoms with Gasteiger partial charge in [-0.2, -0.15) is 25.3 Å². The van der Waals surface area contributed by atoms with E-state index >= 15 is 0 Å². The summed E-state index contributed by atoms with van der Waals surface area (Å²) in [4.78, 5) is 95.2. The van der Waals surface area contributed by atoms with Gasteiger partial charge < -0.3 is 69.2 Å². The molecule has 6 unspecified atom stereocenters. The Balaban J connectivity index is 1.60. The van der Waals surface area contributed by atoms with Gasteiger partial charge in [-0.25, -0.2) is 9.59 Å². The van der Waals surface area contributed by atoms with E-state index in [0.29, 0.717) is 34.9 Å². The highest BCUT2D eigenvalue weighted by molar-refractivity contribution is 7.85. The minimum Gasteiger partial charge on any atom is -0.479 e. The molecule has 0 aliphatic carbocycles. The van der Waals surface area contributed by atoms with Crippen LogP contribution in [0.25, 0.3) is 11.1 Å². The Bertz CT molecular complexity index is 3290. The van der Waals surface area contributed by atoms with Gasteiger partial charge in [-0.15, -0.1) is 0 Å². The van der Waals surface area contributed by atoms with Crippen LogP contribution in [0.4, 0.5) is 0 Å². The first-order chi connectivity index (χ1) is 41.9. The minimum atomic E-state index is -5.75. The second-order valence-electron chi connectivity index (χ2n) is 22.6. The molecule has 5 amide bonds. The zero-order valence-electron chi connectivity index (χ0n) is 51.1. The Morgan fingerprint density at radius 1 is 0.789 bits per heavy atom. The number of carbonyl (C=O) groups excluding carboxylic acids is 6. The van der Waals surface area contributed by atoms with Crippen LogP contribution in [0.1, 0.15) is 149 Å². The molecule has 0 aromatic heterocycles. The van der Waals surface area contributed by atoms with Crippen molar-refractivity contribution < 1.29 is 115 Å². The molecule has 2 aliphatic heterocycles. The van der Waals surface area contributed by atoms with Gasteiger partial charge in [-0.1, -0.05) is 65.5 Å². The van der Waals surface area contributed by atoms with E-state index in [9.17, 15) is 92.9 Å². The fraction of sp³-hybridized carbons (Fsp3) is 0.596. The highest BCUT2D eigenvalue weighted by Crippen LogP contribution is 2.46. The summed E-state index contributed by atoms with van der Waals surface area (Å²) in [6, 6.07) is -4.78. The summed E-state index contributed by atoms with van der Waals surface area (Å²) in [5.41, 5.74) is -1.89. The number of fused-ring (bicyclic) bond motifs is 5. The lowest BCUT2D eigenvalue weighted by Gasteiger charge is -2.39. The van der Waals surface area contributed by atoms with Crippen molar-refractivity contribution in [2.24, 2.45) is 11.8 Å². The second-order valence-corrected chi connectivity index (χ2v) is 26.2. The lowest BCUT2D eigenvalue weighted by atomic mass is 9.93. The van der Waals surface area contributed by atoms with E-state index < -0.39 is 173 Å². The molecule has 90 heavy (non-hydrogen) atoms. The van der Waals surface area contributed by atoms with Gasteiger partial charge in [0.1, 0.15) is 54.0 Å². The molecule has 11 N–H and O–H groups in total. The van der Waals surface area contributed by atoms with Crippen LogP contribution in [-0.4, -0.2) is 174 Å². The molecule has 4 rings (SSSR count). The first kappa shape index (κ1) is 75.6. The van der Waals surface area contributed by atoms with Crippen LogP contribution in [0, 0.1) is 11.8 Å². The lowest BCUT2D eigenvalue weighted by molar-refractivity contribution is -0.268. The Morgan fingerprint density at radius 3 is 2.07 bits per heavy atom. The van der Waals surface area contributed by atoms with Gasteiger partial charge in [-0.05, 0) is 131 Å². The molecule has 11 atom stereocenters. The number of amides is 5. The normalized spacial score (nSPS) is 21.9. The van der Waals surface area contributed by atoms with E-state index in [1.807, 2.05) is 6.08 Å². The maximum atomic E-state index is 14.6. The van der Waals surface area contributed by atoms with Gasteiger partial charge in [0.05, 0.1) is 6.10 Å².